The number of aromatic carboxylic acids is 1. The summed E-state index contributed by atoms with van der Waals surface area (Å²) >= 11 is 0. The average Bonchev–Trinajstić information content (AvgIpc) is 2.38. The molecular formula is C14H14N2O2. The number of benzene rings is 1. The lowest BCUT2D eigenvalue weighted by Crippen LogP contribution is -2.06. The molecule has 0 atom stereocenters. The van der Waals surface area contributed by atoms with Crippen LogP contribution >= 0.6 is 0 Å². The lowest BCUT2D eigenvalue weighted by molar-refractivity contribution is 0.0683. The molecule has 0 fully saturated rings. The van der Waals surface area contributed by atoms with E-state index in [-0.39, 0.29) is 5.82 Å². The van der Waals surface area contributed by atoms with Crippen LogP contribution in [-0.2, 0) is 12.8 Å². The minimum Gasteiger partial charge on any atom is -0.475 e. The molecule has 0 aliphatic carbocycles. The molecule has 2 rings (SSSR count). The van der Waals surface area contributed by atoms with E-state index in [0.717, 1.165) is 12.1 Å². The molecule has 0 unspecified atom stereocenters. The van der Waals surface area contributed by atoms with Crippen molar-refractivity contribution in [2.24, 2.45) is 0 Å². The maximum absolute atomic E-state index is 10.7. The minimum atomic E-state index is -1.09. The van der Waals surface area contributed by atoms with Crippen LogP contribution in [0.1, 0.15) is 27.4 Å². The van der Waals surface area contributed by atoms with Crippen molar-refractivity contribution in [3.63, 3.8) is 0 Å². The van der Waals surface area contributed by atoms with Gasteiger partial charge in [-0.05, 0) is 31.4 Å². The zero-order valence-corrected chi connectivity index (χ0v) is 10.1. The second-order valence-corrected chi connectivity index (χ2v) is 4.16. The molecule has 0 saturated carbocycles. The summed E-state index contributed by atoms with van der Waals surface area (Å²) in [5.74, 6) is -1.23. The van der Waals surface area contributed by atoms with Gasteiger partial charge in [-0.25, -0.2) is 14.8 Å². The van der Waals surface area contributed by atoms with Crippen molar-refractivity contribution in [3.8, 4) is 0 Å². The third kappa shape index (κ3) is 3.13. The molecule has 0 amide bonds. The van der Waals surface area contributed by atoms with Gasteiger partial charge in [-0.2, -0.15) is 0 Å². The van der Waals surface area contributed by atoms with Crippen molar-refractivity contribution in [3.05, 3.63) is 59.2 Å². The summed E-state index contributed by atoms with van der Waals surface area (Å²) in [6.45, 7) is 2.05. The second kappa shape index (κ2) is 5.40. The van der Waals surface area contributed by atoms with E-state index in [2.05, 4.69) is 34.2 Å². The molecule has 18 heavy (non-hydrogen) atoms. The molecule has 1 aromatic carbocycles. The highest BCUT2D eigenvalue weighted by Crippen LogP contribution is 2.07. The minimum absolute atomic E-state index is 0.142. The number of hydrogen-bond acceptors (Lipinski definition) is 3. The van der Waals surface area contributed by atoms with E-state index in [4.69, 9.17) is 5.11 Å². The fourth-order valence-electron chi connectivity index (χ4n) is 1.67. The number of aryl methyl sites for hydroxylation is 3. The summed E-state index contributed by atoms with van der Waals surface area (Å²) < 4.78 is 0. The van der Waals surface area contributed by atoms with E-state index < -0.39 is 5.97 Å². The molecule has 0 bridgehead atoms. The monoisotopic (exact) mass is 242 g/mol. The molecule has 1 heterocycles. The molecule has 0 aliphatic heterocycles. The molecule has 1 aromatic heterocycles. The van der Waals surface area contributed by atoms with Crippen LogP contribution in [0.4, 0.5) is 0 Å². The SMILES string of the molecule is Cc1ccc(CCc2ccnc(C(=O)O)n2)cc1. The Labute approximate surface area is 105 Å². The molecule has 4 nitrogen and oxygen atoms in total. The smallest absolute Gasteiger partial charge is 0.373 e. The highest BCUT2D eigenvalue weighted by molar-refractivity contribution is 5.82. The first-order valence-corrected chi connectivity index (χ1v) is 5.76. The second-order valence-electron chi connectivity index (χ2n) is 4.16. The Morgan fingerprint density at radius 3 is 2.56 bits per heavy atom. The maximum atomic E-state index is 10.7. The number of nitrogens with zero attached hydrogens (tertiary/aromatic N) is 2. The van der Waals surface area contributed by atoms with E-state index in [0.29, 0.717) is 6.42 Å². The van der Waals surface area contributed by atoms with Crippen molar-refractivity contribution in [2.75, 3.05) is 0 Å². The lowest BCUT2D eigenvalue weighted by atomic mass is 10.1. The molecule has 0 radical (unpaired) electrons. The first kappa shape index (κ1) is 12.2. The summed E-state index contributed by atoms with van der Waals surface area (Å²) in [4.78, 5) is 18.4. The van der Waals surface area contributed by atoms with Crippen LogP contribution < -0.4 is 0 Å². The molecule has 92 valence electrons. The average molecular weight is 242 g/mol. The van der Waals surface area contributed by atoms with Crippen molar-refractivity contribution in [1.29, 1.82) is 0 Å². The van der Waals surface area contributed by atoms with E-state index in [9.17, 15) is 4.79 Å². The molecule has 1 N–H and O–H groups in total. The molecule has 0 aliphatic rings. The number of rotatable bonds is 4. The van der Waals surface area contributed by atoms with Crippen LogP contribution in [0.2, 0.25) is 0 Å². The summed E-state index contributed by atoms with van der Waals surface area (Å²) in [6, 6.07) is 10.0. The van der Waals surface area contributed by atoms with Gasteiger partial charge >= 0.3 is 5.97 Å². The van der Waals surface area contributed by atoms with E-state index in [1.54, 1.807) is 6.07 Å². The van der Waals surface area contributed by atoms with E-state index in [1.807, 2.05) is 6.92 Å². The third-order valence-electron chi connectivity index (χ3n) is 2.69. The van der Waals surface area contributed by atoms with Gasteiger partial charge < -0.3 is 5.11 Å². The van der Waals surface area contributed by atoms with Crippen molar-refractivity contribution < 1.29 is 9.90 Å². The molecule has 0 spiro atoms. The van der Waals surface area contributed by atoms with Gasteiger partial charge in [0.15, 0.2) is 0 Å². The summed E-state index contributed by atoms with van der Waals surface area (Å²) in [7, 11) is 0. The molecule has 0 saturated heterocycles. The Morgan fingerprint density at radius 1 is 1.17 bits per heavy atom. The third-order valence-corrected chi connectivity index (χ3v) is 2.69. The predicted molar refractivity (Wildman–Crippen MR) is 67.6 cm³/mol. The number of aromatic nitrogens is 2. The van der Waals surface area contributed by atoms with Crippen molar-refractivity contribution in [2.45, 2.75) is 19.8 Å². The Kier molecular flexibility index (Phi) is 3.67. The van der Waals surface area contributed by atoms with Crippen LogP contribution in [0.3, 0.4) is 0 Å². The predicted octanol–water partition coefficient (Wildman–Crippen LogP) is 2.27. The van der Waals surface area contributed by atoms with Gasteiger partial charge in [0.2, 0.25) is 5.82 Å². The van der Waals surface area contributed by atoms with E-state index in [1.165, 1.54) is 17.3 Å². The normalized spacial score (nSPS) is 10.3. The van der Waals surface area contributed by atoms with Gasteiger partial charge in [-0.1, -0.05) is 29.8 Å². The van der Waals surface area contributed by atoms with Gasteiger partial charge in [-0.3, -0.25) is 0 Å². The highest BCUT2D eigenvalue weighted by Gasteiger charge is 2.06. The first-order chi connectivity index (χ1) is 8.65. The molecule has 4 heteroatoms. The lowest BCUT2D eigenvalue weighted by Gasteiger charge is -2.02. The Bertz CT molecular complexity index is 550. The van der Waals surface area contributed by atoms with Gasteiger partial charge in [0.25, 0.3) is 0 Å². The largest absolute Gasteiger partial charge is 0.475 e. The number of carbonyl (C=O) groups is 1. The summed E-state index contributed by atoms with van der Waals surface area (Å²) in [5, 5.41) is 8.80. The summed E-state index contributed by atoms with van der Waals surface area (Å²) in [6.07, 6.45) is 3.04. The van der Waals surface area contributed by atoms with Crippen LogP contribution in [0.25, 0.3) is 0 Å². The molecular weight excluding hydrogens is 228 g/mol. The summed E-state index contributed by atoms with van der Waals surface area (Å²) in [5.41, 5.74) is 3.20. The Morgan fingerprint density at radius 2 is 1.89 bits per heavy atom. The van der Waals surface area contributed by atoms with Gasteiger partial charge in [0.1, 0.15) is 0 Å². The van der Waals surface area contributed by atoms with Gasteiger partial charge in [0, 0.05) is 11.9 Å². The topological polar surface area (TPSA) is 63.1 Å². The highest BCUT2D eigenvalue weighted by atomic mass is 16.4. The standard InChI is InChI=1S/C14H14N2O2/c1-10-2-4-11(5-3-10)6-7-12-8-9-15-13(16-12)14(17)18/h2-5,8-9H,6-7H2,1H3,(H,17,18). The van der Waals surface area contributed by atoms with Crippen LogP contribution in [0, 0.1) is 6.92 Å². The molecule has 2 aromatic rings. The van der Waals surface area contributed by atoms with Gasteiger partial charge in [-0.15, -0.1) is 0 Å². The number of carboxylic acid groups (broad SMARTS) is 1. The Balaban J connectivity index is 2.04. The maximum Gasteiger partial charge on any atom is 0.373 e. The zero-order chi connectivity index (χ0) is 13.0. The van der Waals surface area contributed by atoms with Crippen molar-refractivity contribution >= 4 is 5.97 Å². The van der Waals surface area contributed by atoms with Crippen LogP contribution in [0.15, 0.2) is 36.5 Å². The zero-order valence-electron chi connectivity index (χ0n) is 10.1. The fraction of sp³-hybridized carbons (Fsp3) is 0.214. The fourth-order valence-corrected chi connectivity index (χ4v) is 1.67. The van der Waals surface area contributed by atoms with Crippen molar-refractivity contribution in [1.82, 2.24) is 9.97 Å². The van der Waals surface area contributed by atoms with E-state index >= 15 is 0 Å². The van der Waals surface area contributed by atoms with Crippen LogP contribution in [-0.4, -0.2) is 21.0 Å². The quantitative estimate of drug-likeness (QED) is 0.893. The number of carboxylic acids is 1. The van der Waals surface area contributed by atoms with Crippen LogP contribution in [0.5, 0.6) is 0 Å². The first-order valence-electron chi connectivity index (χ1n) is 5.76. The van der Waals surface area contributed by atoms with Gasteiger partial charge in [0.05, 0.1) is 0 Å². The Hall–Kier alpha value is -2.23. The number of hydrogen-bond donors (Lipinski definition) is 1.